The highest BCUT2D eigenvalue weighted by Gasteiger charge is 2.29. The van der Waals surface area contributed by atoms with E-state index >= 15 is 0 Å². The summed E-state index contributed by atoms with van der Waals surface area (Å²) in [5.41, 5.74) is 25.0. The van der Waals surface area contributed by atoms with E-state index in [2.05, 4.69) is 34.3 Å². The average molecular weight is 579 g/mol. The number of aromatic amines is 1. The van der Waals surface area contributed by atoms with Gasteiger partial charge in [0.05, 0.1) is 6.54 Å². The van der Waals surface area contributed by atoms with Gasteiger partial charge in [0, 0.05) is 52.1 Å². The van der Waals surface area contributed by atoms with Crippen molar-refractivity contribution < 1.29 is 14.3 Å². The molecule has 2 aromatic heterocycles. The molecule has 1 aliphatic rings. The van der Waals surface area contributed by atoms with Crippen LogP contribution in [0.3, 0.4) is 0 Å². The third kappa shape index (κ3) is 6.45. The van der Waals surface area contributed by atoms with Crippen LogP contribution in [-0.4, -0.2) is 27.3 Å². The van der Waals surface area contributed by atoms with Crippen LogP contribution in [0.15, 0.2) is 72.8 Å². The lowest BCUT2D eigenvalue weighted by Crippen LogP contribution is -2.13. The molecule has 222 valence electrons. The average Bonchev–Trinajstić information content (AvgIpc) is 3.44. The molecule has 2 unspecified atom stereocenters. The molecule has 0 amide bonds. The largest absolute Gasteiger partial charge is 0.492 e. The summed E-state index contributed by atoms with van der Waals surface area (Å²) < 4.78 is 13.4. The van der Waals surface area contributed by atoms with E-state index in [9.17, 15) is 4.79 Å². The molecule has 0 aliphatic heterocycles. The van der Waals surface area contributed by atoms with E-state index in [4.69, 9.17) is 26.7 Å². The van der Waals surface area contributed by atoms with Gasteiger partial charge < -0.3 is 31.7 Å². The molecule has 2 heterocycles. The molecule has 0 saturated carbocycles. The van der Waals surface area contributed by atoms with Crippen molar-refractivity contribution in [1.29, 1.82) is 0 Å². The number of nitrogens with two attached hydrogens (primary N) is 3. The zero-order chi connectivity index (χ0) is 29.9. The van der Waals surface area contributed by atoms with Crippen molar-refractivity contribution in [2.45, 2.75) is 51.5 Å². The maximum Gasteiger partial charge on any atom is 0.311 e. The summed E-state index contributed by atoms with van der Waals surface area (Å²) in [6, 6.07) is 23.2. The Labute approximate surface area is 251 Å². The fraction of sp³-hybridized carbons (Fsp3) is 0.294. The van der Waals surface area contributed by atoms with Crippen molar-refractivity contribution in [3.63, 3.8) is 0 Å². The Morgan fingerprint density at radius 1 is 0.977 bits per heavy atom. The molecule has 9 heteroatoms. The SMILES string of the molecule is Cc1cc(N)nn1CCOc1ccc(C2CC(CCC(=O)Oc3ccc(N)cc3)CCc3c2[nH]c2ccc(N)cc32)cc1. The van der Waals surface area contributed by atoms with Crippen LogP contribution in [0.2, 0.25) is 0 Å². The van der Waals surface area contributed by atoms with Gasteiger partial charge in [0.25, 0.3) is 0 Å². The maximum atomic E-state index is 12.7. The number of nitrogen functional groups attached to an aromatic ring is 3. The van der Waals surface area contributed by atoms with E-state index in [1.165, 1.54) is 22.2 Å². The normalized spacial score (nSPS) is 16.5. The van der Waals surface area contributed by atoms with Gasteiger partial charge in [0.15, 0.2) is 0 Å². The zero-order valence-corrected chi connectivity index (χ0v) is 24.4. The number of fused-ring (bicyclic) bond motifs is 3. The first-order chi connectivity index (χ1) is 20.8. The summed E-state index contributed by atoms with van der Waals surface area (Å²) in [7, 11) is 0. The molecule has 0 radical (unpaired) electrons. The summed E-state index contributed by atoms with van der Waals surface area (Å²) in [6.45, 7) is 3.10. The van der Waals surface area contributed by atoms with Gasteiger partial charge in [-0.15, -0.1) is 0 Å². The van der Waals surface area contributed by atoms with Gasteiger partial charge >= 0.3 is 5.97 Å². The highest BCUT2D eigenvalue weighted by molar-refractivity contribution is 5.88. The standard InChI is InChI=1S/C34H38N6O3/c1-21-18-32(37)39-40(21)16-17-42-26-9-4-23(5-10-26)29-19-22(3-15-33(41)43-27-11-6-24(35)7-12-27)2-13-28-30-20-25(36)8-14-31(30)38-34(28)29/h4-12,14,18,20,22,29,38H,2-3,13,15-17,19,35-36H2,1H3,(H2,37,39). The molecule has 0 fully saturated rings. The first-order valence-corrected chi connectivity index (χ1v) is 14.8. The highest BCUT2D eigenvalue weighted by atomic mass is 16.5. The maximum absolute atomic E-state index is 12.7. The first-order valence-electron chi connectivity index (χ1n) is 14.8. The van der Waals surface area contributed by atoms with Crippen molar-refractivity contribution in [2.75, 3.05) is 23.8 Å². The van der Waals surface area contributed by atoms with E-state index in [1.807, 2.05) is 35.9 Å². The fourth-order valence-electron chi connectivity index (χ4n) is 6.18. The quantitative estimate of drug-likeness (QED) is 0.0729. The number of H-pyrrole nitrogens is 1. The van der Waals surface area contributed by atoms with Crippen LogP contribution in [0.25, 0.3) is 10.9 Å². The first kappa shape index (κ1) is 28.2. The number of benzene rings is 3. The molecule has 0 bridgehead atoms. The summed E-state index contributed by atoms with van der Waals surface area (Å²) in [5.74, 6) is 2.11. The number of carbonyl (C=O) groups is 1. The Hall–Kier alpha value is -4.92. The molecule has 6 rings (SSSR count). The number of aromatic nitrogens is 3. The van der Waals surface area contributed by atoms with Crippen LogP contribution in [0, 0.1) is 12.8 Å². The summed E-state index contributed by atoms with van der Waals surface area (Å²) in [4.78, 5) is 16.4. The van der Waals surface area contributed by atoms with Gasteiger partial charge in [0.1, 0.15) is 23.9 Å². The zero-order valence-electron chi connectivity index (χ0n) is 24.4. The predicted octanol–water partition coefficient (Wildman–Crippen LogP) is 5.97. The number of hydrogen-bond donors (Lipinski definition) is 4. The predicted molar refractivity (Wildman–Crippen MR) is 170 cm³/mol. The number of nitrogens with zero attached hydrogens (tertiary/aromatic N) is 2. The van der Waals surface area contributed by atoms with Gasteiger partial charge in [0.2, 0.25) is 0 Å². The van der Waals surface area contributed by atoms with Crippen LogP contribution in [0.5, 0.6) is 11.5 Å². The molecule has 3 aromatic carbocycles. The number of rotatable bonds is 9. The van der Waals surface area contributed by atoms with E-state index in [0.717, 1.165) is 48.3 Å². The summed E-state index contributed by atoms with van der Waals surface area (Å²) >= 11 is 0. The molecule has 9 nitrogen and oxygen atoms in total. The molecular weight excluding hydrogens is 540 g/mol. The van der Waals surface area contributed by atoms with Crippen molar-refractivity contribution in [3.05, 3.63) is 95.3 Å². The molecule has 5 aromatic rings. The molecule has 0 saturated heterocycles. The topological polar surface area (TPSA) is 147 Å². The van der Waals surface area contributed by atoms with Crippen molar-refractivity contribution in [1.82, 2.24) is 14.8 Å². The Morgan fingerprint density at radius 2 is 1.72 bits per heavy atom. The Morgan fingerprint density at radius 3 is 2.47 bits per heavy atom. The van der Waals surface area contributed by atoms with Gasteiger partial charge in [-0.3, -0.25) is 9.48 Å². The molecular formula is C34H38N6O3. The molecule has 1 aliphatic carbocycles. The smallest absolute Gasteiger partial charge is 0.311 e. The summed E-state index contributed by atoms with van der Waals surface area (Å²) in [6.07, 6.45) is 3.94. The molecule has 0 spiro atoms. The Kier molecular flexibility index (Phi) is 7.96. The van der Waals surface area contributed by atoms with Gasteiger partial charge in [-0.1, -0.05) is 12.1 Å². The van der Waals surface area contributed by atoms with E-state index in [0.29, 0.717) is 42.7 Å². The lowest BCUT2D eigenvalue weighted by Gasteiger charge is -2.21. The minimum atomic E-state index is -0.225. The van der Waals surface area contributed by atoms with E-state index < -0.39 is 0 Å². The number of esters is 1. The minimum absolute atomic E-state index is 0.146. The second kappa shape index (κ2) is 12.1. The number of carbonyl (C=O) groups excluding carboxylic acids is 1. The van der Waals surface area contributed by atoms with Crippen LogP contribution in [0.1, 0.15) is 54.1 Å². The fourth-order valence-corrected chi connectivity index (χ4v) is 6.18. The van der Waals surface area contributed by atoms with E-state index in [-0.39, 0.29) is 11.9 Å². The van der Waals surface area contributed by atoms with E-state index in [1.54, 1.807) is 24.3 Å². The third-order valence-electron chi connectivity index (χ3n) is 8.41. The number of hydrogen-bond acceptors (Lipinski definition) is 7. The number of aryl methyl sites for hydroxylation is 2. The van der Waals surface area contributed by atoms with Gasteiger partial charge in [-0.2, -0.15) is 5.10 Å². The number of nitrogens with one attached hydrogen (secondary N) is 1. The Balaban J connectivity index is 1.18. The lowest BCUT2D eigenvalue weighted by molar-refractivity contribution is -0.134. The van der Waals surface area contributed by atoms with Gasteiger partial charge in [-0.25, -0.2) is 0 Å². The van der Waals surface area contributed by atoms with Crippen molar-refractivity contribution >= 4 is 34.1 Å². The van der Waals surface area contributed by atoms with Crippen molar-refractivity contribution in [2.24, 2.45) is 5.92 Å². The van der Waals surface area contributed by atoms with Crippen LogP contribution in [-0.2, 0) is 17.8 Å². The third-order valence-corrected chi connectivity index (χ3v) is 8.41. The van der Waals surface area contributed by atoms with Gasteiger partial charge in [-0.05, 0) is 104 Å². The number of anilines is 3. The lowest BCUT2D eigenvalue weighted by atomic mass is 9.85. The molecule has 43 heavy (non-hydrogen) atoms. The Bertz CT molecular complexity index is 1720. The number of ether oxygens (including phenoxy) is 2. The second-order valence-corrected chi connectivity index (χ2v) is 11.4. The monoisotopic (exact) mass is 578 g/mol. The highest BCUT2D eigenvalue weighted by Crippen LogP contribution is 2.42. The second-order valence-electron chi connectivity index (χ2n) is 11.4. The van der Waals surface area contributed by atoms with Crippen LogP contribution >= 0.6 is 0 Å². The van der Waals surface area contributed by atoms with Crippen LogP contribution < -0.4 is 26.7 Å². The molecule has 7 N–H and O–H groups in total. The molecule has 2 atom stereocenters. The summed E-state index contributed by atoms with van der Waals surface area (Å²) in [5, 5.41) is 5.48. The minimum Gasteiger partial charge on any atom is -0.492 e. The van der Waals surface area contributed by atoms with Crippen molar-refractivity contribution in [3.8, 4) is 11.5 Å². The van der Waals surface area contributed by atoms with Crippen LogP contribution in [0.4, 0.5) is 17.2 Å².